The highest BCUT2D eigenvalue weighted by molar-refractivity contribution is 7.90. The van der Waals surface area contributed by atoms with E-state index >= 15 is 0 Å². The van der Waals surface area contributed by atoms with Gasteiger partial charge in [0.2, 0.25) is 0 Å². The molecule has 0 saturated carbocycles. The molecule has 1 aliphatic rings. The quantitative estimate of drug-likeness (QED) is 0.448. The SMILES string of the molecule is CCOc1ccc(CS(=O)(=O)c2cccc(C(=O)N3CCCN(c4ccccc4OC)CC3)c2)cc1. The van der Waals surface area contributed by atoms with E-state index in [0.717, 1.165) is 24.4 Å². The Bertz CT molecular complexity index is 1290. The van der Waals surface area contributed by atoms with Crippen molar-refractivity contribution in [2.24, 2.45) is 0 Å². The molecule has 0 radical (unpaired) electrons. The summed E-state index contributed by atoms with van der Waals surface area (Å²) in [5.41, 5.74) is 2.06. The molecular formula is C28H32N2O5S. The van der Waals surface area contributed by atoms with Gasteiger partial charge in [0.25, 0.3) is 5.91 Å². The van der Waals surface area contributed by atoms with Crippen molar-refractivity contribution in [3.63, 3.8) is 0 Å². The first kappa shape index (κ1) is 25.6. The third-order valence-corrected chi connectivity index (χ3v) is 7.93. The number of para-hydroxylation sites is 2. The fourth-order valence-corrected chi connectivity index (χ4v) is 5.80. The molecule has 0 N–H and O–H groups in total. The average Bonchev–Trinajstić information content (AvgIpc) is 3.16. The van der Waals surface area contributed by atoms with Gasteiger partial charge in [-0.25, -0.2) is 8.42 Å². The topological polar surface area (TPSA) is 76.2 Å². The molecule has 7 nitrogen and oxygen atoms in total. The van der Waals surface area contributed by atoms with Gasteiger partial charge in [-0.05, 0) is 61.4 Å². The molecule has 0 bridgehead atoms. The molecule has 0 aliphatic carbocycles. The van der Waals surface area contributed by atoms with Crippen LogP contribution >= 0.6 is 0 Å². The van der Waals surface area contributed by atoms with E-state index < -0.39 is 9.84 Å². The number of rotatable bonds is 8. The predicted octanol–water partition coefficient (Wildman–Crippen LogP) is 4.42. The molecule has 4 rings (SSSR count). The van der Waals surface area contributed by atoms with Crippen LogP contribution in [0.2, 0.25) is 0 Å². The number of carbonyl (C=O) groups is 1. The van der Waals surface area contributed by atoms with Gasteiger partial charge in [0.05, 0.1) is 30.1 Å². The summed E-state index contributed by atoms with van der Waals surface area (Å²) in [5, 5.41) is 0. The highest BCUT2D eigenvalue weighted by Crippen LogP contribution is 2.28. The van der Waals surface area contributed by atoms with Crippen LogP contribution in [0.5, 0.6) is 11.5 Å². The zero-order chi connectivity index (χ0) is 25.5. The van der Waals surface area contributed by atoms with E-state index in [1.165, 1.54) is 6.07 Å². The fourth-order valence-electron chi connectivity index (χ4n) is 4.41. The predicted molar refractivity (Wildman–Crippen MR) is 141 cm³/mol. The monoisotopic (exact) mass is 508 g/mol. The molecule has 1 aliphatic heterocycles. The first-order valence-corrected chi connectivity index (χ1v) is 13.8. The van der Waals surface area contributed by atoms with Gasteiger partial charge in [0, 0.05) is 31.7 Å². The van der Waals surface area contributed by atoms with Gasteiger partial charge in [0.1, 0.15) is 11.5 Å². The zero-order valence-corrected chi connectivity index (χ0v) is 21.5. The second-order valence-corrected chi connectivity index (χ2v) is 10.7. The van der Waals surface area contributed by atoms with Crippen LogP contribution in [0, 0.1) is 0 Å². The van der Waals surface area contributed by atoms with Gasteiger partial charge in [0.15, 0.2) is 9.84 Å². The van der Waals surface area contributed by atoms with Crippen molar-refractivity contribution in [1.82, 2.24) is 4.90 Å². The van der Waals surface area contributed by atoms with Crippen LogP contribution in [0.15, 0.2) is 77.7 Å². The Balaban J connectivity index is 1.46. The van der Waals surface area contributed by atoms with Crippen molar-refractivity contribution in [2.75, 3.05) is 44.8 Å². The van der Waals surface area contributed by atoms with Crippen molar-refractivity contribution >= 4 is 21.4 Å². The number of anilines is 1. The highest BCUT2D eigenvalue weighted by atomic mass is 32.2. The minimum absolute atomic E-state index is 0.144. The molecule has 0 aromatic heterocycles. The first-order chi connectivity index (χ1) is 17.4. The molecular weight excluding hydrogens is 476 g/mol. The number of hydrogen-bond acceptors (Lipinski definition) is 6. The molecule has 0 spiro atoms. The van der Waals surface area contributed by atoms with E-state index in [-0.39, 0.29) is 16.6 Å². The van der Waals surface area contributed by atoms with Crippen LogP contribution in [0.1, 0.15) is 29.3 Å². The molecule has 1 amide bonds. The van der Waals surface area contributed by atoms with Crippen LogP contribution in [0.3, 0.4) is 0 Å². The zero-order valence-electron chi connectivity index (χ0n) is 20.7. The highest BCUT2D eigenvalue weighted by Gasteiger charge is 2.23. The molecule has 1 fully saturated rings. The van der Waals surface area contributed by atoms with Gasteiger partial charge in [-0.2, -0.15) is 0 Å². The van der Waals surface area contributed by atoms with Crippen LogP contribution < -0.4 is 14.4 Å². The number of nitrogens with zero attached hydrogens (tertiary/aromatic N) is 2. The van der Waals surface area contributed by atoms with Crippen LogP contribution in [-0.4, -0.2) is 59.1 Å². The lowest BCUT2D eigenvalue weighted by atomic mass is 10.2. The third kappa shape index (κ3) is 5.99. The maximum absolute atomic E-state index is 13.3. The van der Waals surface area contributed by atoms with Crippen molar-refractivity contribution in [3.8, 4) is 11.5 Å². The molecule has 3 aromatic rings. The van der Waals surface area contributed by atoms with E-state index in [2.05, 4.69) is 4.90 Å². The van der Waals surface area contributed by atoms with Gasteiger partial charge < -0.3 is 19.3 Å². The number of methoxy groups -OCH3 is 1. The van der Waals surface area contributed by atoms with Crippen LogP contribution in [0.25, 0.3) is 0 Å². The molecule has 1 heterocycles. The maximum atomic E-state index is 13.3. The summed E-state index contributed by atoms with van der Waals surface area (Å²) in [4.78, 5) is 17.5. The fraction of sp³-hybridized carbons (Fsp3) is 0.321. The lowest BCUT2D eigenvalue weighted by molar-refractivity contribution is 0.0766. The number of hydrogen-bond donors (Lipinski definition) is 0. The van der Waals surface area contributed by atoms with Gasteiger partial charge in [-0.15, -0.1) is 0 Å². The summed E-state index contributed by atoms with van der Waals surface area (Å²) in [5.74, 6) is 1.21. The molecule has 0 unspecified atom stereocenters. The Morgan fingerprint density at radius 3 is 2.44 bits per heavy atom. The summed E-state index contributed by atoms with van der Waals surface area (Å²) in [6.45, 7) is 5.07. The maximum Gasteiger partial charge on any atom is 0.253 e. The number of amides is 1. The Kier molecular flexibility index (Phi) is 8.15. The smallest absolute Gasteiger partial charge is 0.253 e. The van der Waals surface area contributed by atoms with Crippen molar-refractivity contribution in [1.29, 1.82) is 0 Å². The number of carbonyl (C=O) groups excluding carboxylic acids is 1. The third-order valence-electron chi connectivity index (χ3n) is 6.24. The van der Waals surface area contributed by atoms with E-state index in [0.29, 0.717) is 43.1 Å². The summed E-state index contributed by atoms with van der Waals surface area (Å²) >= 11 is 0. The van der Waals surface area contributed by atoms with Gasteiger partial charge in [-0.3, -0.25) is 4.79 Å². The summed E-state index contributed by atoms with van der Waals surface area (Å²) < 4.78 is 37.1. The van der Waals surface area contributed by atoms with E-state index in [9.17, 15) is 13.2 Å². The Morgan fingerprint density at radius 1 is 0.917 bits per heavy atom. The lowest BCUT2D eigenvalue weighted by Gasteiger charge is -2.25. The molecule has 1 saturated heterocycles. The average molecular weight is 509 g/mol. The Morgan fingerprint density at radius 2 is 1.69 bits per heavy atom. The summed E-state index contributed by atoms with van der Waals surface area (Å²) in [6, 6.07) is 21.3. The molecule has 3 aromatic carbocycles. The molecule has 190 valence electrons. The normalized spacial score (nSPS) is 14.3. The first-order valence-electron chi connectivity index (χ1n) is 12.1. The number of sulfone groups is 1. The number of benzene rings is 3. The Hall–Kier alpha value is -3.52. The van der Waals surface area contributed by atoms with E-state index in [4.69, 9.17) is 9.47 Å². The number of ether oxygens (including phenoxy) is 2. The van der Waals surface area contributed by atoms with Crippen molar-refractivity contribution in [2.45, 2.75) is 24.0 Å². The second-order valence-electron chi connectivity index (χ2n) is 8.67. The molecule has 0 atom stereocenters. The van der Waals surface area contributed by atoms with Gasteiger partial charge in [-0.1, -0.05) is 30.3 Å². The molecule has 8 heteroatoms. The van der Waals surface area contributed by atoms with E-state index in [1.807, 2.05) is 31.2 Å². The lowest BCUT2D eigenvalue weighted by Crippen LogP contribution is -2.35. The summed E-state index contributed by atoms with van der Waals surface area (Å²) in [6.07, 6.45) is 0.805. The minimum Gasteiger partial charge on any atom is -0.495 e. The second kappa shape index (κ2) is 11.5. The van der Waals surface area contributed by atoms with Crippen LogP contribution in [0.4, 0.5) is 5.69 Å². The van der Waals surface area contributed by atoms with Crippen molar-refractivity contribution in [3.05, 3.63) is 83.9 Å². The minimum atomic E-state index is -3.62. The van der Waals surface area contributed by atoms with E-state index in [1.54, 1.807) is 54.5 Å². The van der Waals surface area contributed by atoms with Crippen LogP contribution in [-0.2, 0) is 15.6 Å². The Labute approximate surface area is 213 Å². The summed E-state index contributed by atoms with van der Waals surface area (Å²) in [7, 11) is -1.96. The van der Waals surface area contributed by atoms with Crippen molar-refractivity contribution < 1.29 is 22.7 Å². The largest absolute Gasteiger partial charge is 0.495 e. The van der Waals surface area contributed by atoms with Gasteiger partial charge >= 0.3 is 0 Å². The molecule has 36 heavy (non-hydrogen) atoms. The standard InChI is InChI=1S/C28H32N2O5S/c1-3-35-24-14-12-22(13-15-24)21-36(32,33)25-9-6-8-23(20-25)28(31)30-17-7-16-29(18-19-30)26-10-4-5-11-27(26)34-2/h4-6,8-15,20H,3,7,16-19,21H2,1-2H3.